The van der Waals surface area contributed by atoms with Crippen molar-refractivity contribution >= 4 is 39.5 Å². The van der Waals surface area contributed by atoms with Crippen LogP contribution >= 0.6 is 39.5 Å². The number of H-pyrrole nitrogens is 2. The largest absolute Gasteiger partial charge is 0.708 e. The number of hydrogen-bond acceptors (Lipinski definition) is 21. The molecule has 2 fully saturated rings. The second-order valence-electron chi connectivity index (χ2n) is 10.1. The third kappa shape index (κ3) is 10.9. The molecular weight excluding hydrogens is 827 g/mol. The molecule has 29 nitrogen and oxygen atoms in total. The van der Waals surface area contributed by atoms with Crippen molar-refractivity contribution in [2.24, 2.45) is 0 Å². The van der Waals surface area contributed by atoms with Gasteiger partial charge in [0.15, 0.2) is 12.5 Å². The van der Waals surface area contributed by atoms with Crippen LogP contribution in [-0.2, 0) is 58.6 Å². The van der Waals surface area contributed by atoms with Gasteiger partial charge in [0.05, 0.1) is 6.61 Å². The van der Waals surface area contributed by atoms with E-state index in [9.17, 15) is 82.0 Å². The number of aromatic nitrogens is 4. The number of nitrogens with one attached hydrogen (secondary N) is 2. The van der Waals surface area contributed by atoms with Crippen molar-refractivity contribution in [2.75, 3.05) is 13.2 Å². The summed E-state index contributed by atoms with van der Waals surface area (Å²) < 4.78 is 96.3. The van der Waals surface area contributed by atoms with Gasteiger partial charge in [0.1, 0.15) is 43.2 Å². The molecule has 10 N–H and O–H groups in total. The van der Waals surface area contributed by atoms with Crippen LogP contribution in [0, 0.1) is 0 Å². The first-order valence-electron chi connectivity index (χ1n) is 13.4. The molecule has 2 aromatic heterocycles. The van der Waals surface area contributed by atoms with Crippen LogP contribution in [0.5, 0.6) is 0 Å². The lowest BCUT2D eigenvalue weighted by molar-refractivity contribution is -0.0542. The lowest BCUT2D eigenvalue weighted by Gasteiger charge is -2.20. The van der Waals surface area contributed by atoms with E-state index in [1.165, 1.54) is 0 Å². The van der Waals surface area contributed by atoms with E-state index in [4.69, 9.17) is 9.47 Å². The minimum atomic E-state index is -6.35. The highest BCUT2D eigenvalue weighted by Crippen LogP contribution is 2.72. The Bertz CT molecular complexity index is 2080. The zero-order chi connectivity index (χ0) is 39.0. The van der Waals surface area contributed by atoms with Crippen molar-refractivity contribution in [3.05, 3.63) is 66.2 Å². The number of phosphoric acid groups is 4. The number of nitrogens with zero attached hydrogens (tertiary/aromatic N) is 2. The van der Waals surface area contributed by atoms with Gasteiger partial charge in [0, 0.05) is 29.1 Å². The smallest absolute Gasteiger partial charge is 0.387 e. The summed E-state index contributed by atoms with van der Waals surface area (Å²) in [5.74, 6) is 0. The first-order valence-corrected chi connectivity index (χ1v) is 20.5. The minimum absolute atomic E-state index is 0.627. The standard InChI is InChI=1S/C18H25N4O25P5/c23-9-1-3-21(17(29)19-9)15-13(27)11(25)7(42-15)5-40-48(31)44-50(34,35)46-52(38,39)47-51(36,37)45-49(32,33)41-6-8-12(26)14(28)16(43-8)22-4-2-10(24)20-18(22)30/h1-4,7-8,11-16,25-28H,5-6H2,(H5-,19,20,23,24,29,30,32,33,34,35,36,37,38,39)/p+1/t7-,8-,11-,12-,13-,14-,15-,16-/m1/s1. The lowest BCUT2D eigenvalue weighted by atomic mass is 10.1. The molecular formula is C18H26N4O25P5+. The van der Waals surface area contributed by atoms with Crippen LogP contribution in [0.25, 0.3) is 0 Å². The molecule has 0 saturated carbocycles. The molecule has 52 heavy (non-hydrogen) atoms. The van der Waals surface area contributed by atoms with Crippen LogP contribution in [0.2, 0.25) is 0 Å². The molecule has 4 rings (SSSR count). The summed E-state index contributed by atoms with van der Waals surface area (Å²) in [5.41, 5.74) is -3.78. The fraction of sp³-hybridized carbons (Fsp3) is 0.556. The molecule has 34 heteroatoms. The van der Waals surface area contributed by atoms with Gasteiger partial charge in [-0.15, -0.1) is 4.52 Å². The van der Waals surface area contributed by atoms with Gasteiger partial charge in [-0.3, -0.25) is 38.1 Å². The Balaban J connectivity index is 1.27. The zero-order valence-corrected chi connectivity index (χ0v) is 29.5. The number of aromatic amines is 2. The first kappa shape index (κ1) is 42.5. The van der Waals surface area contributed by atoms with E-state index in [0.29, 0.717) is 9.13 Å². The van der Waals surface area contributed by atoms with E-state index >= 15 is 0 Å². The van der Waals surface area contributed by atoms with Gasteiger partial charge >= 0.3 is 50.9 Å². The van der Waals surface area contributed by atoms with Crippen molar-refractivity contribution in [2.45, 2.75) is 49.1 Å². The van der Waals surface area contributed by atoms with Crippen LogP contribution < -0.4 is 22.5 Å². The van der Waals surface area contributed by atoms with E-state index in [-0.39, 0.29) is 0 Å². The molecule has 0 bridgehead atoms. The fourth-order valence-electron chi connectivity index (χ4n) is 4.32. The number of rotatable bonds is 16. The summed E-state index contributed by atoms with van der Waals surface area (Å²) in [6.45, 7) is -2.26. The topological polar surface area (TPSA) is 431 Å². The van der Waals surface area contributed by atoms with E-state index in [1.807, 2.05) is 9.97 Å². The Morgan fingerprint density at radius 3 is 1.50 bits per heavy atom. The van der Waals surface area contributed by atoms with Crippen molar-refractivity contribution in [3.8, 4) is 0 Å². The average Bonchev–Trinajstić information content (AvgIpc) is 3.42. The maximum Gasteiger partial charge on any atom is 0.708 e. The highest BCUT2D eigenvalue weighted by Gasteiger charge is 2.51. The Hall–Kier alpha value is -2.26. The molecule has 0 radical (unpaired) electrons. The SMILES string of the molecule is O=c1ccn([C@@H]2O[C@H](CO[P+](=O)OP(=O)(O)OP(=O)(O)OP(=O)(O)OP(=O)(O)OC[C@H]3O[C@@H](n4ccc(=O)[nH]c4=O)[C@H](O)[C@@H]3O)[C@@H](O)[C@H]2O)c(=O)[nH]1. The van der Waals surface area contributed by atoms with Gasteiger partial charge in [-0.25, -0.2) is 27.8 Å². The van der Waals surface area contributed by atoms with Crippen LogP contribution in [0.1, 0.15) is 12.5 Å². The Morgan fingerprint density at radius 2 is 1.06 bits per heavy atom. The quantitative estimate of drug-likeness (QED) is 0.0732. The van der Waals surface area contributed by atoms with Crippen molar-refractivity contribution in [3.63, 3.8) is 0 Å². The number of aliphatic hydroxyl groups is 4. The maximum absolute atomic E-state index is 12.2. The minimum Gasteiger partial charge on any atom is -0.387 e. The van der Waals surface area contributed by atoms with Gasteiger partial charge in [0.25, 0.3) is 11.1 Å². The molecule has 2 saturated heterocycles. The lowest BCUT2D eigenvalue weighted by Crippen LogP contribution is -2.37. The first-order chi connectivity index (χ1) is 23.9. The predicted octanol–water partition coefficient (Wildman–Crippen LogP) is -3.52. The third-order valence-corrected chi connectivity index (χ3v) is 13.6. The molecule has 5 unspecified atom stereocenters. The molecule has 0 aromatic carbocycles. The van der Waals surface area contributed by atoms with Crippen LogP contribution in [-0.4, -0.2) is 109 Å². The maximum atomic E-state index is 12.2. The monoisotopic (exact) mass is 853 g/mol. The summed E-state index contributed by atoms with van der Waals surface area (Å²) >= 11 is 0. The number of hydrogen-bond donors (Lipinski definition) is 10. The highest BCUT2D eigenvalue weighted by molar-refractivity contribution is 7.70. The predicted molar refractivity (Wildman–Crippen MR) is 158 cm³/mol. The average molecular weight is 853 g/mol. The second kappa shape index (κ2) is 16.2. The van der Waals surface area contributed by atoms with Crippen molar-refractivity contribution in [1.82, 2.24) is 19.1 Å². The van der Waals surface area contributed by atoms with Crippen LogP contribution in [0.3, 0.4) is 0 Å². The van der Waals surface area contributed by atoms with Crippen molar-refractivity contribution in [1.29, 1.82) is 0 Å². The van der Waals surface area contributed by atoms with E-state index in [2.05, 4.69) is 26.3 Å². The van der Waals surface area contributed by atoms with Crippen molar-refractivity contribution < 1.29 is 98.6 Å². The third-order valence-electron chi connectivity index (χ3n) is 6.46. The molecule has 2 aliphatic rings. The van der Waals surface area contributed by atoms with E-state index in [1.54, 1.807) is 0 Å². The van der Waals surface area contributed by atoms with Gasteiger partial charge in [-0.2, -0.15) is 12.9 Å². The Kier molecular flexibility index (Phi) is 13.3. The molecule has 2 aromatic rings. The molecule has 0 amide bonds. The van der Waals surface area contributed by atoms with Gasteiger partial charge in [-0.05, 0) is 4.31 Å². The number of ether oxygens (including phenoxy) is 2. The molecule has 2 aliphatic heterocycles. The normalized spacial score (nSPS) is 31.3. The molecule has 4 heterocycles. The molecule has 13 atom stereocenters. The van der Waals surface area contributed by atoms with Crippen LogP contribution in [0.4, 0.5) is 0 Å². The summed E-state index contributed by atoms with van der Waals surface area (Å²) in [6, 6.07) is 1.73. The van der Waals surface area contributed by atoms with Gasteiger partial charge < -0.3 is 44.6 Å². The second-order valence-corrected chi connectivity index (χ2v) is 17.5. The van der Waals surface area contributed by atoms with E-state index in [0.717, 1.165) is 24.5 Å². The Morgan fingerprint density at radius 1 is 0.654 bits per heavy atom. The molecule has 292 valence electrons. The van der Waals surface area contributed by atoms with E-state index < -0.39 is 124 Å². The summed E-state index contributed by atoms with van der Waals surface area (Å²) in [4.78, 5) is 88.9. The summed E-state index contributed by atoms with van der Waals surface area (Å²) in [7, 11) is -28.5. The molecule has 0 aliphatic carbocycles. The fourth-order valence-corrected chi connectivity index (χ4v) is 10.3. The number of phosphoric ester groups is 1. The number of aliphatic hydroxyl groups excluding tert-OH is 4. The van der Waals surface area contributed by atoms with Crippen LogP contribution in [0.15, 0.2) is 43.7 Å². The Labute approximate surface area is 285 Å². The van der Waals surface area contributed by atoms with Gasteiger partial charge in [0.2, 0.25) is 0 Å². The summed E-state index contributed by atoms with van der Waals surface area (Å²) in [6.07, 6.45) is -12.4. The molecule has 0 spiro atoms. The zero-order valence-electron chi connectivity index (χ0n) is 25.0. The highest BCUT2D eigenvalue weighted by atomic mass is 31.3. The summed E-state index contributed by atoms with van der Waals surface area (Å²) in [5, 5.41) is 40.7. The van der Waals surface area contributed by atoms with Gasteiger partial charge in [-0.1, -0.05) is 0 Å².